The molecule has 3 nitrogen and oxygen atoms in total. The molecule has 0 unspecified atom stereocenters. The largest absolute Gasteiger partial charge is 0.423 e. The lowest BCUT2D eigenvalue weighted by Gasteiger charge is -2.18. The monoisotopic (exact) mass is 460 g/mol. The summed E-state index contributed by atoms with van der Waals surface area (Å²) in [6.07, 6.45) is 3.26. The molecule has 0 aromatic heterocycles. The molecular formula is C32H28O3. The number of carbonyl (C=O) groups excluding carboxylic acids is 2. The molecule has 0 aliphatic heterocycles. The third kappa shape index (κ3) is 6.21. The van der Waals surface area contributed by atoms with E-state index >= 15 is 0 Å². The molecule has 0 radical (unpaired) electrons. The van der Waals surface area contributed by atoms with Crippen molar-refractivity contribution >= 4 is 17.8 Å². The van der Waals surface area contributed by atoms with Gasteiger partial charge in [-0.05, 0) is 58.0 Å². The molecule has 4 aromatic rings. The number of rotatable bonds is 6. The molecule has 3 heteroatoms. The number of ether oxygens (including phenoxy) is 1. The van der Waals surface area contributed by atoms with Crippen LogP contribution in [0.15, 0.2) is 109 Å². The number of hydrogen-bond acceptors (Lipinski definition) is 3. The average molecular weight is 461 g/mol. The Morgan fingerprint density at radius 2 is 1.31 bits per heavy atom. The van der Waals surface area contributed by atoms with Gasteiger partial charge >= 0.3 is 5.97 Å². The highest BCUT2D eigenvalue weighted by atomic mass is 16.5. The molecule has 35 heavy (non-hydrogen) atoms. The van der Waals surface area contributed by atoms with Crippen LogP contribution in [0.2, 0.25) is 0 Å². The number of carbonyl (C=O) groups is 2. The third-order valence-electron chi connectivity index (χ3n) is 5.76. The summed E-state index contributed by atoms with van der Waals surface area (Å²) in [6.45, 7) is 6.39. The molecule has 0 aliphatic carbocycles. The second kappa shape index (κ2) is 10.4. The second-order valence-corrected chi connectivity index (χ2v) is 9.43. The minimum atomic E-state index is -0.416. The van der Waals surface area contributed by atoms with Crippen LogP contribution in [0, 0.1) is 0 Å². The number of benzene rings is 4. The van der Waals surface area contributed by atoms with E-state index in [0.717, 1.165) is 22.3 Å². The fourth-order valence-electron chi connectivity index (χ4n) is 3.68. The van der Waals surface area contributed by atoms with Crippen LogP contribution in [-0.4, -0.2) is 11.8 Å². The highest BCUT2D eigenvalue weighted by Gasteiger charge is 2.15. The van der Waals surface area contributed by atoms with Gasteiger partial charge in [0, 0.05) is 5.56 Å². The highest BCUT2D eigenvalue weighted by molar-refractivity contribution is 6.07. The van der Waals surface area contributed by atoms with Crippen molar-refractivity contribution in [3.05, 3.63) is 131 Å². The minimum Gasteiger partial charge on any atom is -0.423 e. The van der Waals surface area contributed by atoms with Crippen molar-refractivity contribution in [2.75, 3.05) is 0 Å². The summed E-state index contributed by atoms with van der Waals surface area (Å²) in [4.78, 5) is 25.2. The van der Waals surface area contributed by atoms with Gasteiger partial charge in [-0.2, -0.15) is 0 Å². The van der Waals surface area contributed by atoms with Crippen LogP contribution in [-0.2, 0) is 5.41 Å². The van der Waals surface area contributed by atoms with E-state index in [0.29, 0.717) is 16.9 Å². The molecule has 0 aliphatic rings. The molecule has 0 amide bonds. The first-order valence-electron chi connectivity index (χ1n) is 11.6. The Morgan fingerprint density at radius 1 is 0.686 bits per heavy atom. The maximum absolute atomic E-state index is 12.6. The smallest absolute Gasteiger partial charge is 0.343 e. The summed E-state index contributed by atoms with van der Waals surface area (Å²) in [5.41, 5.74) is 5.22. The molecule has 0 bridgehead atoms. The van der Waals surface area contributed by atoms with Crippen molar-refractivity contribution in [3.63, 3.8) is 0 Å². The number of esters is 1. The molecule has 4 aromatic carbocycles. The fourth-order valence-corrected chi connectivity index (χ4v) is 3.68. The zero-order valence-corrected chi connectivity index (χ0v) is 20.2. The molecular weight excluding hydrogens is 432 g/mol. The van der Waals surface area contributed by atoms with E-state index in [9.17, 15) is 9.59 Å². The predicted octanol–water partition coefficient (Wildman–Crippen LogP) is 7.77. The maximum atomic E-state index is 12.6. The van der Waals surface area contributed by atoms with Crippen molar-refractivity contribution in [1.82, 2.24) is 0 Å². The van der Waals surface area contributed by atoms with E-state index in [-0.39, 0.29) is 11.2 Å². The number of ketones is 1. The van der Waals surface area contributed by atoms with Gasteiger partial charge in [0.25, 0.3) is 0 Å². The Hall–Kier alpha value is -4.24. The molecule has 0 saturated heterocycles. The topological polar surface area (TPSA) is 43.4 Å². The average Bonchev–Trinajstić information content (AvgIpc) is 2.88. The van der Waals surface area contributed by atoms with Crippen LogP contribution in [0.4, 0.5) is 0 Å². The standard InChI is InChI=1S/C32H28O3/c1-32(2,3)28-19-17-27(18-20-28)31(34)35-29-11-7-8-23(22-29)12-21-30(33)26-15-13-25(14-16-26)24-9-5-4-6-10-24/h4-22H,1-3H3. The van der Waals surface area contributed by atoms with Crippen LogP contribution in [0.5, 0.6) is 5.75 Å². The molecule has 0 heterocycles. The van der Waals surface area contributed by atoms with Gasteiger partial charge < -0.3 is 4.74 Å². The fraction of sp³-hybridized carbons (Fsp3) is 0.125. The van der Waals surface area contributed by atoms with E-state index in [1.165, 1.54) is 6.08 Å². The lowest BCUT2D eigenvalue weighted by Crippen LogP contribution is -2.12. The molecule has 0 atom stereocenters. The van der Waals surface area contributed by atoms with Crippen LogP contribution in [0.3, 0.4) is 0 Å². The quantitative estimate of drug-likeness (QED) is 0.128. The first-order valence-corrected chi connectivity index (χ1v) is 11.6. The van der Waals surface area contributed by atoms with Crippen LogP contribution in [0.1, 0.15) is 52.6 Å². The summed E-state index contributed by atoms with van der Waals surface area (Å²) in [6, 6.07) is 32.2. The van der Waals surface area contributed by atoms with Crippen molar-refractivity contribution in [2.24, 2.45) is 0 Å². The number of hydrogen-bond donors (Lipinski definition) is 0. The minimum absolute atomic E-state index is 0.0183. The van der Waals surface area contributed by atoms with E-state index in [1.807, 2.05) is 72.8 Å². The van der Waals surface area contributed by atoms with Gasteiger partial charge in [-0.3, -0.25) is 4.79 Å². The molecule has 0 fully saturated rings. The SMILES string of the molecule is CC(C)(C)c1ccc(C(=O)Oc2cccc(C=CC(=O)c3ccc(-c4ccccc4)cc3)c2)cc1. The molecule has 174 valence electrons. The zero-order valence-electron chi connectivity index (χ0n) is 20.2. The Labute approximate surface area is 206 Å². The summed E-state index contributed by atoms with van der Waals surface area (Å²) in [5.74, 6) is -0.0798. The van der Waals surface area contributed by atoms with Crippen LogP contribution >= 0.6 is 0 Å². The molecule has 0 saturated carbocycles. The molecule has 4 rings (SSSR count). The summed E-state index contributed by atoms with van der Waals surface area (Å²) < 4.78 is 5.56. The zero-order chi connectivity index (χ0) is 24.8. The third-order valence-corrected chi connectivity index (χ3v) is 5.76. The lowest BCUT2D eigenvalue weighted by molar-refractivity contribution is 0.0734. The molecule has 0 spiro atoms. The highest BCUT2D eigenvalue weighted by Crippen LogP contribution is 2.23. The van der Waals surface area contributed by atoms with Crippen LogP contribution < -0.4 is 4.74 Å². The van der Waals surface area contributed by atoms with E-state index in [1.54, 1.807) is 36.4 Å². The summed E-state index contributed by atoms with van der Waals surface area (Å²) in [5, 5.41) is 0. The van der Waals surface area contributed by atoms with E-state index in [2.05, 4.69) is 20.8 Å². The Bertz CT molecular complexity index is 1340. The molecule has 0 N–H and O–H groups in total. The normalized spacial score (nSPS) is 11.4. The predicted molar refractivity (Wildman–Crippen MR) is 142 cm³/mol. The van der Waals surface area contributed by atoms with E-state index < -0.39 is 5.97 Å². The van der Waals surface area contributed by atoms with Crippen molar-refractivity contribution in [2.45, 2.75) is 26.2 Å². The van der Waals surface area contributed by atoms with Gasteiger partial charge in [0.1, 0.15) is 5.75 Å². The van der Waals surface area contributed by atoms with E-state index in [4.69, 9.17) is 4.74 Å². The van der Waals surface area contributed by atoms with Crippen molar-refractivity contribution in [1.29, 1.82) is 0 Å². The first-order chi connectivity index (χ1) is 16.8. The Kier molecular flexibility index (Phi) is 7.07. The summed E-state index contributed by atoms with van der Waals surface area (Å²) >= 11 is 0. The van der Waals surface area contributed by atoms with Crippen LogP contribution in [0.25, 0.3) is 17.2 Å². The second-order valence-electron chi connectivity index (χ2n) is 9.43. The Morgan fingerprint density at radius 3 is 1.97 bits per heavy atom. The van der Waals surface area contributed by atoms with Gasteiger partial charge in [0.05, 0.1) is 5.56 Å². The van der Waals surface area contributed by atoms with Gasteiger partial charge in [-0.1, -0.05) is 106 Å². The number of allylic oxidation sites excluding steroid dienone is 1. The lowest BCUT2D eigenvalue weighted by atomic mass is 9.87. The van der Waals surface area contributed by atoms with Gasteiger partial charge in [-0.25, -0.2) is 4.79 Å². The summed E-state index contributed by atoms with van der Waals surface area (Å²) in [7, 11) is 0. The van der Waals surface area contributed by atoms with Crippen molar-refractivity contribution in [3.8, 4) is 16.9 Å². The first kappa shape index (κ1) is 23.9. The Balaban J connectivity index is 1.41. The maximum Gasteiger partial charge on any atom is 0.343 e. The van der Waals surface area contributed by atoms with Gasteiger partial charge in [-0.15, -0.1) is 0 Å². The van der Waals surface area contributed by atoms with Crippen molar-refractivity contribution < 1.29 is 14.3 Å². The van der Waals surface area contributed by atoms with Gasteiger partial charge in [0.2, 0.25) is 0 Å². The van der Waals surface area contributed by atoms with Gasteiger partial charge in [0.15, 0.2) is 5.78 Å².